The Labute approximate surface area is 109 Å². The minimum Gasteiger partial charge on any atom is -0.493 e. The molecule has 1 aromatic carbocycles. The fourth-order valence-electron chi connectivity index (χ4n) is 1.58. The highest BCUT2D eigenvalue weighted by atomic mass is 79.9. The van der Waals surface area contributed by atoms with Crippen LogP contribution in [0.1, 0.15) is 18.4 Å². The van der Waals surface area contributed by atoms with Crippen LogP contribution >= 0.6 is 15.9 Å². The summed E-state index contributed by atoms with van der Waals surface area (Å²) in [5, 5.41) is 9.77. The smallest absolute Gasteiger partial charge is 0.162 e. The first-order chi connectivity index (χ1) is 8.23. The van der Waals surface area contributed by atoms with Crippen molar-refractivity contribution in [1.82, 2.24) is 0 Å². The summed E-state index contributed by atoms with van der Waals surface area (Å²) in [5.74, 6) is 1.33. The highest BCUT2D eigenvalue weighted by molar-refractivity contribution is 9.09. The number of methoxy groups -OCH3 is 1. The number of ether oxygens (including phenoxy) is 2. The fourth-order valence-corrected chi connectivity index (χ4v) is 2.30. The predicted octanol–water partition coefficient (Wildman–Crippen LogP) is 3.12. The van der Waals surface area contributed by atoms with Crippen LogP contribution in [0.2, 0.25) is 0 Å². The van der Waals surface area contributed by atoms with Crippen LogP contribution < -0.4 is 9.47 Å². The van der Waals surface area contributed by atoms with E-state index >= 15 is 0 Å². The molecule has 0 bridgehead atoms. The molecule has 0 radical (unpaired) electrons. The van der Waals surface area contributed by atoms with Gasteiger partial charge < -0.3 is 9.47 Å². The molecule has 0 N–H and O–H groups in total. The van der Waals surface area contributed by atoms with Crippen molar-refractivity contribution in [3.63, 3.8) is 0 Å². The van der Waals surface area contributed by atoms with Gasteiger partial charge in [0.05, 0.1) is 25.3 Å². The van der Waals surface area contributed by atoms with E-state index in [0.29, 0.717) is 29.1 Å². The summed E-state index contributed by atoms with van der Waals surface area (Å²) in [5.41, 5.74) is 0.884. The van der Waals surface area contributed by atoms with Crippen molar-refractivity contribution in [2.45, 2.75) is 12.8 Å². The van der Waals surface area contributed by atoms with Crippen molar-refractivity contribution in [2.24, 2.45) is 5.41 Å². The van der Waals surface area contributed by atoms with E-state index in [9.17, 15) is 0 Å². The Kier molecular flexibility index (Phi) is 3.58. The number of halogens is 1. The molecule has 17 heavy (non-hydrogen) atoms. The lowest BCUT2D eigenvalue weighted by molar-refractivity contribution is 0.239. The second kappa shape index (κ2) is 4.97. The van der Waals surface area contributed by atoms with Crippen molar-refractivity contribution in [2.75, 3.05) is 19.0 Å². The second-order valence-electron chi connectivity index (χ2n) is 4.40. The highest BCUT2D eigenvalue weighted by Gasteiger charge is 2.42. The second-order valence-corrected chi connectivity index (χ2v) is 4.96. The Morgan fingerprint density at radius 2 is 2.18 bits per heavy atom. The van der Waals surface area contributed by atoms with E-state index < -0.39 is 0 Å². The van der Waals surface area contributed by atoms with Gasteiger partial charge in [-0.25, -0.2) is 0 Å². The van der Waals surface area contributed by atoms with Crippen LogP contribution in [0.5, 0.6) is 11.5 Å². The van der Waals surface area contributed by atoms with E-state index in [2.05, 4.69) is 22.0 Å². The van der Waals surface area contributed by atoms with Gasteiger partial charge in [-0.3, -0.25) is 0 Å². The lowest BCUT2D eigenvalue weighted by Crippen LogP contribution is -2.14. The summed E-state index contributed by atoms with van der Waals surface area (Å²) in [6.45, 7) is 0.695. The summed E-state index contributed by atoms with van der Waals surface area (Å²) >= 11 is 3.51. The molecular weight excluding hydrogens is 282 g/mol. The molecule has 0 spiro atoms. The molecule has 3 nitrogen and oxygen atoms in total. The third kappa shape index (κ3) is 2.73. The first kappa shape index (κ1) is 12.3. The standard InChI is InChI=1S/C13H14BrNO2/c1-16-12-6-10(7-15)2-3-11(12)17-9-13(8-14)4-5-13/h2-3,6H,4-5,8-9H2,1H3. The van der Waals surface area contributed by atoms with Gasteiger partial charge in [0.15, 0.2) is 11.5 Å². The summed E-state index contributed by atoms with van der Waals surface area (Å²) in [7, 11) is 1.58. The van der Waals surface area contributed by atoms with E-state index in [1.165, 1.54) is 12.8 Å². The molecule has 1 aromatic rings. The monoisotopic (exact) mass is 295 g/mol. The van der Waals surface area contributed by atoms with Crippen LogP contribution in [-0.2, 0) is 0 Å². The van der Waals surface area contributed by atoms with Crippen molar-refractivity contribution in [3.05, 3.63) is 23.8 Å². The largest absolute Gasteiger partial charge is 0.493 e. The van der Waals surface area contributed by atoms with Gasteiger partial charge in [0.25, 0.3) is 0 Å². The van der Waals surface area contributed by atoms with Crippen molar-refractivity contribution in [3.8, 4) is 17.6 Å². The molecular formula is C13H14BrNO2. The molecule has 90 valence electrons. The van der Waals surface area contributed by atoms with E-state index in [1.54, 1.807) is 25.3 Å². The Hall–Kier alpha value is -1.21. The first-order valence-electron chi connectivity index (χ1n) is 5.50. The van der Waals surface area contributed by atoms with Crippen molar-refractivity contribution < 1.29 is 9.47 Å². The normalized spacial score (nSPS) is 16.1. The zero-order valence-electron chi connectivity index (χ0n) is 9.70. The van der Waals surface area contributed by atoms with Gasteiger partial charge in [0.1, 0.15) is 0 Å². The van der Waals surface area contributed by atoms with Crippen molar-refractivity contribution >= 4 is 15.9 Å². The molecule has 0 unspecified atom stereocenters. The molecule has 2 rings (SSSR count). The van der Waals surface area contributed by atoms with Gasteiger partial charge in [-0.2, -0.15) is 5.26 Å². The molecule has 1 fully saturated rings. The number of alkyl halides is 1. The SMILES string of the molecule is COc1cc(C#N)ccc1OCC1(CBr)CC1. The highest BCUT2D eigenvalue weighted by Crippen LogP contribution is 2.47. The average molecular weight is 296 g/mol. The number of nitrogens with zero attached hydrogens (tertiary/aromatic N) is 1. The molecule has 0 aromatic heterocycles. The van der Waals surface area contributed by atoms with Gasteiger partial charge >= 0.3 is 0 Å². The van der Waals surface area contributed by atoms with E-state index in [-0.39, 0.29) is 0 Å². The Morgan fingerprint density at radius 3 is 2.71 bits per heavy atom. The molecule has 1 saturated carbocycles. The minimum atomic E-state index is 0.304. The van der Waals surface area contributed by atoms with Gasteiger partial charge in [0.2, 0.25) is 0 Å². The lowest BCUT2D eigenvalue weighted by Gasteiger charge is -2.15. The summed E-state index contributed by atoms with van der Waals surface area (Å²) in [6.07, 6.45) is 2.41. The average Bonchev–Trinajstić information content (AvgIpc) is 3.16. The maximum atomic E-state index is 8.80. The lowest BCUT2D eigenvalue weighted by atomic mass is 10.1. The molecule has 1 aliphatic rings. The molecule has 0 atom stereocenters. The fraction of sp³-hybridized carbons (Fsp3) is 0.462. The topological polar surface area (TPSA) is 42.2 Å². The number of benzene rings is 1. The van der Waals surface area contributed by atoms with Crippen molar-refractivity contribution in [1.29, 1.82) is 5.26 Å². The molecule has 1 aliphatic carbocycles. The number of hydrogen-bond acceptors (Lipinski definition) is 3. The maximum absolute atomic E-state index is 8.80. The Bertz CT molecular complexity index is 449. The minimum absolute atomic E-state index is 0.304. The van der Waals surface area contributed by atoms with Gasteiger partial charge in [-0.15, -0.1) is 0 Å². The van der Waals surface area contributed by atoms with Crippen LogP contribution in [0.3, 0.4) is 0 Å². The van der Waals surface area contributed by atoms with Crippen LogP contribution in [0.25, 0.3) is 0 Å². The summed E-state index contributed by atoms with van der Waals surface area (Å²) in [4.78, 5) is 0. The third-order valence-corrected chi connectivity index (χ3v) is 4.26. The molecule has 4 heteroatoms. The number of rotatable bonds is 5. The zero-order valence-corrected chi connectivity index (χ0v) is 11.3. The summed E-state index contributed by atoms with van der Waals surface area (Å²) < 4.78 is 11.0. The Morgan fingerprint density at radius 1 is 1.41 bits per heavy atom. The summed E-state index contributed by atoms with van der Waals surface area (Å²) in [6, 6.07) is 7.31. The van der Waals surface area contributed by atoms with E-state index in [4.69, 9.17) is 14.7 Å². The Balaban J connectivity index is 2.08. The van der Waals surface area contributed by atoms with Crippen LogP contribution in [0, 0.1) is 16.7 Å². The first-order valence-corrected chi connectivity index (χ1v) is 6.62. The molecule has 0 aliphatic heterocycles. The van der Waals surface area contributed by atoms with E-state index in [0.717, 1.165) is 5.33 Å². The third-order valence-electron chi connectivity index (χ3n) is 3.07. The number of hydrogen-bond donors (Lipinski definition) is 0. The van der Waals surface area contributed by atoms with Crippen LogP contribution in [-0.4, -0.2) is 19.0 Å². The predicted molar refractivity (Wildman–Crippen MR) is 68.7 cm³/mol. The van der Waals surface area contributed by atoms with Gasteiger partial charge in [0, 0.05) is 16.8 Å². The molecule has 0 heterocycles. The molecule has 0 saturated heterocycles. The van der Waals surface area contributed by atoms with Gasteiger partial charge in [-0.05, 0) is 25.0 Å². The van der Waals surface area contributed by atoms with Crippen LogP contribution in [0.4, 0.5) is 0 Å². The quantitative estimate of drug-likeness (QED) is 0.784. The maximum Gasteiger partial charge on any atom is 0.162 e. The van der Waals surface area contributed by atoms with Crippen LogP contribution in [0.15, 0.2) is 18.2 Å². The van der Waals surface area contributed by atoms with Gasteiger partial charge in [-0.1, -0.05) is 15.9 Å². The number of nitriles is 1. The van der Waals surface area contributed by atoms with E-state index in [1.807, 2.05) is 0 Å². The molecule has 0 amide bonds. The zero-order chi connectivity index (χ0) is 12.3.